The van der Waals surface area contributed by atoms with Crippen LogP contribution in [0.2, 0.25) is 0 Å². The molecule has 5 heteroatoms. The fourth-order valence-electron chi connectivity index (χ4n) is 8.15. The first-order valence-corrected chi connectivity index (χ1v) is 28.8. The van der Waals surface area contributed by atoms with E-state index in [2.05, 4.69) is 81.5 Å². The Morgan fingerprint density at radius 3 is 1.05 bits per heavy atom. The molecule has 0 heterocycles. The molecule has 0 spiro atoms. The second kappa shape index (κ2) is 56.9. The number of hydrogen-bond donors (Lipinski definition) is 0. The van der Waals surface area contributed by atoms with Crippen LogP contribution < -0.4 is 0 Å². The molecule has 0 aromatic carbocycles. The molecule has 5 nitrogen and oxygen atoms in total. The Bertz CT molecular complexity index is 1130. The molecule has 1 unspecified atom stereocenters. The lowest BCUT2D eigenvalue weighted by molar-refractivity contribution is -0.163. The third-order valence-corrected chi connectivity index (χ3v) is 12.5. The molecule has 0 N–H and O–H groups in total. The number of carbonyl (C=O) groups excluding carboxylic acids is 2. The van der Waals surface area contributed by atoms with Gasteiger partial charge in [-0.25, -0.2) is 0 Å². The van der Waals surface area contributed by atoms with Gasteiger partial charge in [-0.1, -0.05) is 229 Å². The third-order valence-electron chi connectivity index (χ3n) is 12.5. The van der Waals surface area contributed by atoms with Gasteiger partial charge in [-0.2, -0.15) is 0 Å². The van der Waals surface area contributed by atoms with Crippen molar-refractivity contribution >= 4 is 11.9 Å². The Balaban J connectivity index is 4.29. The summed E-state index contributed by atoms with van der Waals surface area (Å²) in [5.41, 5.74) is 0. The van der Waals surface area contributed by atoms with Crippen molar-refractivity contribution in [2.45, 2.75) is 297 Å². The van der Waals surface area contributed by atoms with Crippen LogP contribution in [-0.4, -0.2) is 37.9 Å². The van der Waals surface area contributed by atoms with Crippen LogP contribution in [-0.2, 0) is 23.8 Å². The fourth-order valence-corrected chi connectivity index (χ4v) is 8.15. The molecule has 0 amide bonds. The lowest BCUT2D eigenvalue weighted by atomic mass is 10.1. The Morgan fingerprint density at radius 1 is 0.333 bits per heavy atom. The van der Waals surface area contributed by atoms with Crippen LogP contribution >= 0.6 is 0 Å². The molecule has 0 aromatic rings. The van der Waals surface area contributed by atoms with Crippen molar-refractivity contribution in [1.29, 1.82) is 0 Å². The van der Waals surface area contributed by atoms with Gasteiger partial charge >= 0.3 is 11.9 Å². The number of carbonyl (C=O) groups is 2. The Kier molecular flexibility index (Phi) is 54.9. The quantitative estimate of drug-likeness (QED) is 0.0346. The van der Waals surface area contributed by atoms with Crippen molar-refractivity contribution in [3.05, 3.63) is 60.8 Å². The van der Waals surface area contributed by atoms with Gasteiger partial charge in [0, 0.05) is 19.4 Å². The highest BCUT2D eigenvalue weighted by atomic mass is 16.6. The maximum absolute atomic E-state index is 12.8. The molecule has 0 aliphatic carbocycles. The van der Waals surface area contributed by atoms with Crippen LogP contribution in [0.1, 0.15) is 290 Å². The van der Waals surface area contributed by atoms with E-state index in [-0.39, 0.29) is 25.2 Å². The first kappa shape index (κ1) is 63.6. The van der Waals surface area contributed by atoms with Crippen LogP contribution in [0.15, 0.2) is 60.8 Å². The number of ether oxygens (including phenoxy) is 3. The van der Waals surface area contributed by atoms with E-state index in [0.717, 1.165) is 70.6 Å². The largest absolute Gasteiger partial charge is 0.462 e. The highest BCUT2D eigenvalue weighted by molar-refractivity contribution is 5.70. The van der Waals surface area contributed by atoms with Crippen molar-refractivity contribution in [3.8, 4) is 0 Å². The number of unbranched alkanes of at least 4 members (excludes halogenated alkanes) is 32. The highest BCUT2D eigenvalue weighted by Crippen LogP contribution is 2.15. The summed E-state index contributed by atoms with van der Waals surface area (Å²) in [5.74, 6) is -0.414. The van der Waals surface area contributed by atoms with E-state index < -0.39 is 6.10 Å². The van der Waals surface area contributed by atoms with E-state index in [4.69, 9.17) is 14.2 Å². The Morgan fingerprint density at radius 2 is 0.636 bits per heavy atom. The molecule has 0 aliphatic heterocycles. The van der Waals surface area contributed by atoms with Gasteiger partial charge in [0.25, 0.3) is 0 Å². The minimum absolute atomic E-state index is 0.0748. The van der Waals surface area contributed by atoms with Gasteiger partial charge in [0.05, 0.1) is 6.61 Å². The van der Waals surface area contributed by atoms with Gasteiger partial charge in [0.15, 0.2) is 6.10 Å². The molecule has 0 aliphatic rings. The molecule has 0 fully saturated rings. The minimum Gasteiger partial charge on any atom is -0.462 e. The van der Waals surface area contributed by atoms with E-state index in [0.29, 0.717) is 19.4 Å². The van der Waals surface area contributed by atoms with Crippen molar-refractivity contribution in [2.75, 3.05) is 19.8 Å². The van der Waals surface area contributed by atoms with Crippen LogP contribution in [0.3, 0.4) is 0 Å². The predicted molar refractivity (Wildman–Crippen MR) is 288 cm³/mol. The van der Waals surface area contributed by atoms with E-state index in [1.807, 2.05) is 0 Å². The summed E-state index contributed by atoms with van der Waals surface area (Å²) in [4.78, 5) is 25.5. The molecule has 384 valence electrons. The standard InChI is InChI=1S/C61H110O5/c1-4-7-10-13-16-19-22-25-28-30-32-35-38-41-44-47-50-53-56-64-57-59(66-61(63)55-52-49-46-43-40-37-33-27-24-21-18-15-12-9-6-3)58-65-60(62)54-51-48-45-42-39-36-34-31-29-26-23-20-17-14-11-8-5-2/h17-18,20-21,25-29,33,59H,4-16,19,22-24,30-32,34-58H2,1-3H3/b20-17-,21-18-,28-25-,29-26-,33-27-. The molecule has 0 bridgehead atoms. The molecule has 0 aromatic heterocycles. The molecule has 66 heavy (non-hydrogen) atoms. The maximum Gasteiger partial charge on any atom is 0.306 e. The minimum atomic E-state index is -0.549. The van der Waals surface area contributed by atoms with E-state index in [9.17, 15) is 9.59 Å². The summed E-state index contributed by atoms with van der Waals surface area (Å²) in [6.45, 7) is 7.78. The van der Waals surface area contributed by atoms with Crippen LogP contribution in [0.5, 0.6) is 0 Å². The van der Waals surface area contributed by atoms with Crippen molar-refractivity contribution in [3.63, 3.8) is 0 Å². The van der Waals surface area contributed by atoms with Crippen molar-refractivity contribution < 1.29 is 23.8 Å². The summed E-state index contributed by atoms with van der Waals surface area (Å²) in [5, 5.41) is 0. The number of rotatable bonds is 53. The first-order valence-electron chi connectivity index (χ1n) is 28.8. The molecular weight excluding hydrogens is 813 g/mol. The van der Waals surface area contributed by atoms with Crippen LogP contribution in [0.25, 0.3) is 0 Å². The van der Waals surface area contributed by atoms with Gasteiger partial charge < -0.3 is 14.2 Å². The van der Waals surface area contributed by atoms with Gasteiger partial charge in [0.2, 0.25) is 0 Å². The fraction of sp³-hybridized carbons (Fsp3) is 0.803. The second-order valence-corrected chi connectivity index (χ2v) is 19.2. The monoisotopic (exact) mass is 923 g/mol. The average Bonchev–Trinajstić information content (AvgIpc) is 3.32. The number of allylic oxidation sites excluding steroid dienone is 10. The highest BCUT2D eigenvalue weighted by Gasteiger charge is 2.17. The Labute approximate surface area is 411 Å². The van der Waals surface area contributed by atoms with E-state index >= 15 is 0 Å². The normalized spacial score (nSPS) is 12.6. The molecule has 0 rings (SSSR count). The summed E-state index contributed by atoms with van der Waals surface area (Å²) in [6, 6.07) is 0. The van der Waals surface area contributed by atoms with Crippen LogP contribution in [0, 0.1) is 0 Å². The topological polar surface area (TPSA) is 61.8 Å². The number of hydrogen-bond acceptors (Lipinski definition) is 5. The lowest BCUT2D eigenvalue weighted by Gasteiger charge is -2.18. The summed E-state index contributed by atoms with van der Waals surface area (Å²) in [6.07, 6.45) is 72.3. The van der Waals surface area contributed by atoms with Crippen molar-refractivity contribution in [1.82, 2.24) is 0 Å². The van der Waals surface area contributed by atoms with Crippen LogP contribution in [0.4, 0.5) is 0 Å². The average molecular weight is 924 g/mol. The molecule has 0 radical (unpaired) electrons. The number of esters is 2. The molecular formula is C61H110O5. The second-order valence-electron chi connectivity index (χ2n) is 19.2. The van der Waals surface area contributed by atoms with Crippen molar-refractivity contribution in [2.24, 2.45) is 0 Å². The summed E-state index contributed by atoms with van der Waals surface area (Å²) < 4.78 is 17.5. The Hall–Kier alpha value is -2.40. The van der Waals surface area contributed by atoms with Gasteiger partial charge in [-0.15, -0.1) is 0 Å². The smallest absolute Gasteiger partial charge is 0.306 e. The van der Waals surface area contributed by atoms with Gasteiger partial charge in [0.1, 0.15) is 6.61 Å². The summed E-state index contributed by atoms with van der Waals surface area (Å²) >= 11 is 0. The maximum atomic E-state index is 12.8. The van der Waals surface area contributed by atoms with E-state index in [1.54, 1.807) is 0 Å². The zero-order valence-corrected chi connectivity index (χ0v) is 44.2. The van der Waals surface area contributed by atoms with E-state index in [1.165, 1.54) is 186 Å². The molecule has 0 saturated carbocycles. The lowest BCUT2D eigenvalue weighted by Crippen LogP contribution is -2.30. The third kappa shape index (κ3) is 54.2. The summed E-state index contributed by atoms with van der Waals surface area (Å²) in [7, 11) is 0. The predicted octanol–water partition coefficient (Wildman–Crippen LogP) is 19.7. The first-order chi connectivity index (χ1) is 32.6. The zero-order chi connectivity index (χ0) is 47.7. The zero-order valence-electron chi connectivity index (χ0n) is 44.2. The van der Waals surface area contributed by atoms with Gasteiger partial charge in [-0.05, 0) is 109 Å². The SMILES string of the molecule is CCCCC/C=C\C/C=C\CCCCCCCCCC(=O)OCC(COCCCCCCCCCC/C=C\CCCCCCCC)OC(=O)CCCCCCC/C=C\C/C=C\CCCCC. The van der Waals surface area contributed by atoms with Gasteiger partial charge in [-0.3, -0.25) is 9.59 Å². The molecule has 1 atom stereocenters. The molecule has 0 saturated heterocycles.